The molecule has 24 heavy (non-hydrogen) atoms. The molecule has 1 atom stereocenters. The van der Waals surface area contributed by atoms with Crippen LogP contribution in [0.5, 0.6) is 11.5 Å². The van der Waals surface area contributed by atoms with E-state index in [4.69, 9.17) is 9.47 Å². The molecule has 1 saturated carbocycles. The summed E-state index contributed by atoms with van der Waals surface area (Å²) in [6, 6.07) is 7.51. The Kier molecular flexibility index (Phi) is 5.66. The van der Waals surface area contributed by atoms with Crippen molar-refractivity contribution in [2.45, 2.75) is 45.1 Å². The van der Waals surface area contributed by atoms with Gasteiger partial charge in [0.15, 0.2) is 11.5 Å². The van der Waals surface area contributed by atoms with Gasteiger partial charge in [-0.25, -0.2) is 8.42 Å². The van der Waals surface area contributed by atoms with Gasteiger partial charge in [0, 0.05) is 6.54 Å². The molecule has 0 saturated heterocycles. The van der Waals surface area contributed by atoms with Gasteiger partial charge in [0.05, 0.1) is 12.3 Å². The van der Waals surface area contributed by atoms with E-state index in [-0.39, 0.29) is 11.9 Å². The van der Waals surface area contributed by atoms with Crippen molar-refractivity contribution in [2.75, 3.05) is 25.4 Å². The minimum atomic E-state index is -3.25. The lowest BCUT2D eigenvalue weighted by atomic mass is 9.91. The SMILES string of the molecule is CCN(C[C@H]1COc2ccccc2O1)S(=O)(=O)CC1CCCCC1. The maximum absolute atomic E-state index is 12.8. The summed E-state index contributed by atoms with van der Waals surface area (Å²) in [5, 5.41) is 0. The van der Waals surface area contributed by atoms with Crippen molar-refractivity contribution >= 4 is 10.0 Å². The molecule has 0 radical (unpaired) electrons. The first-order valence-electron chi connectivity index (χ1n) is 8.95. The minimum absolute atomic E-state index is 0.263. The third-order valence-corrected chi connectivity index (χ3v) is 6.98. The van der Waals surface area contributed by atoms with E-state index in [0.717, 1.165) is 31.4 Å². The molecule has 3 rings (SSSR count). The number of ether oxygens (including phenoxy) is 2. The molecule has 134 valence electrons. The van der Waals surface area contributed by atoms with Crippen molar-refractivity contribution in [1.82, 2.24) is 4.31 Å². The summed E-state index contributed by atoms with van der Waals surface area (Å²) in [6.07, 6.45) is 5.35. The van der Waals surface area contributed by atoms with Crippen LogP contribution in [0.15, 0.2) is 24.3 Å². The highest BCUT2D eigenvalue weighted by Gasteiger charge is 2.30. The number of para-hydroxylation sites is 2. The molecule has 5 nitrogen and oxygen atoms in total. The number of hydrogen-bond donors (Lipinski definition) is 0. The molecular formula is C18H27NO4S. The Bertz CT molecular complexity index is 640. The highest BCUT2D eigenvalue weighted by Crippen LogP contribution is 2.31. The fraction of sp³-hybridized carbons (Fsp3) is 0.667. The Balaban J connectivity index is 1.61. The van der Waals surface area contributed by atoms with E-state index >= 15 is 0 Å². The predicted octanol–water partition coefficient (Wildman–Crippen LogP) is 3.06. The van der Waals surface area contributed by atoms with Gasteiger partial charge in [0.2, 0.25) is 10.0 Å². The number of rotatable bonds is 6. The minimum Gasteiger partial charge on any atom is -0.486 e. The Morgan fingerprint density at radius 1 is 1.12 bits per heavy atom. The lowest BCUT2D eigenvalue weighted by Gasteiger charge is -2.31. The molecule has 6 heteroatoms. The van der Waals surface area contributed by atoms with Gasteiger partial charge in [-0.2, -0.15) is 4.31 Å². The van der Waals surface area contributed by atoms with Crippen LogP contribution in [0.2, 0.25) is 0 Å². The molecule has 2 aliphatic rings. The number of nitrogens with zero attached hydrogens (tertiary/aromatic N) is 1. The molecule has 1 aromatic carbocycles. The van der Waals surface area contributed by atoms with E-state index < -0.39 is 10.0 Å². The summed E-state index contributed by atoms with van der Waals surface area (Å²) in [6.45, 7) is 3.08. The van der Waals surface area contributed by atoms with Gasteiger partial charge in [0.25, 0.3) is 0 Å². The van der Waals surface area contributed by atoms with Crippen LogP contribution in [0.3, 0.4) is 0 Å². The van der Waals surface area contributed by atoms with Crippen LogP contribution in [0.4, 0.5) is 0 Å². The topological polar surface area (TPSA) is 55.8 Å². The molecule has 0 unspecified atom stereocenters. The van der Waals surface area contributed by atoms with Crippen LogP contribution >= 0.6 is 0 Å². The van der Waals surface area contributed by atoms with Gasteiger partial charge in [-0.05, 0) is 30.9 Å². The summed E-state index contributed by atoms with van der Waals surface area (Å²) >= 11 is 0. The van der Waals surface area contributed by atoms with Gasteiger partial charge in [0.1, 0.15) is 12.7 Å². The van der Waals surface area contributed by atoms with Crippen molar-refractivity contribution in [2.24, 2.45) is 5.92 Å². The molecule has 1 fully saturated rings. The predicted molar refractivity (Wildman–Crippen MR) is 94.0 cm³/mol. The van der Waals surface area contributed by atoms with E-state index in [0.29, 0.717) is 31.4 Å². The number of fused-ring (bicyclic) bond motifs is 1. The van der Waals surface area contributed by atoms with Crippen molar-refractivity contribution in [3.63, 3.8) is 0 Å². The van der Waals surface area contributed by atoms with Crippen LogP contribution in [-0.2, 0) is 10.0 Å². The lowest BCUT2D eigenvalue weighted by Crippen LogP contribution is -2.45. The molecule has 1 aromatic rings. The second-order valence-electron chi connectivity index (χ2n) is 6.73. The van der Waals surface area contributed by atoms with E-state index in [1.807, 2.05) is 31.2 Å². The Morgan fingerprint density at radius 2 is 1.83 bits per heavy atom. The fourth-order valence-corrected chi connectivity index (χ4v) is 5.50. The fourth-order valence-electron chi connectivity index (χ4n) is 3.58. The normalized spacial score (nSPS) is 21.8. The van der Waals surface area contributed by atoms with Crippen LogP contribution in [0.1, 0.15) is 39.0 Å². The highest BCUT2D eigenvalue weighted by molar-refractivity contribution is 7.89. The quantitative estimate of drug-likeness (QED) is 0.789. The first-order valence-corrected chi connectivity index (χ1v) is 10.6. The molecular weight excluding hydrogens is 326 g/mol. The Hall–Kier alpha value is -1.27. The summed E-state index contributed by atoms with van der Waals surface area (Å²) in [7, 11) is -3.25. The smallest absolute Gasteiger partial charge is 0.214 e. The Morgan fingerprint density at radius 3 is 2.54 bits per heavy atom. The molecule has 0 spiro atoms. The van der Waals surface area contributed by atoms with Crippen molar-refractivity contribution in [3.05, 3.63) is 24.3 Å². The third-order valence-electron chi connectivity index (χ3n) is 4.89. The average molecular weight is 353 g/mol. The van der Waals surface area contributed by atoms with Crippen molar-refractivity contribution in [1.29, 1.82) is 0 Å². The van der Waals surface area contributed by atoms with Gasteiger partial charge in [-0.15, -0.1) is 0 Å². The van der Waals surface area contributed by atoms with Crippen LogP contribution in [0.25, 0.3) is 0 Å². The third kappa shape index (κ3) is 4.22. The second-order valence-corrected chi connectivity index (χ2v) is 8.74. The van der Waals surface area contributed by atoms with Crippen LogP contribution < -0.4 is 9.47 Å². The number of sulfonamides is 1. The first-order chi connectivity index (χ1) is 11.6. The number of benzene rings is 1. The Labute approximate surface area is 145 Å². The zero-order valence-corrected chi connectivity index (χ0v) is 15.1. The van der Waals surface area contributed by atoms with E-state index in [1.54, 1.807) is 4.31 Å². The first kappa shape index (κ1) is 17.5. The summed E-state index contributed by atoms with van der Waals surface area (Å²) in [5.74, 6) is 1.99. The monoisotopic (exact) mass is 353 g/mol. The zero-order valence-electron chi connectivity index (χ0n) is 14.3. The highest BCUT2D eigenvalue weighted by atomic mass is 32.2. The van der Waals surface area contributed by atoms with Crippen LogP contribution in [-0.4, -0.2) is 44.3 Å². The second kappa shape index (κ2) is 7.74. The van der Waals surface area contributed by atoms with Gasteiger partial charge in [-0.1, -0.05) is 38.3 Å². The zero-order chi connectivity index (χ0) is 17.0. The summed E-state index contributed by atoms with van der Waals surface area (Å²) in [5.41, 5.74) is 0. The molecule has 1 aliphatic carbocycles. The summed E-state index contributed by atoms with van der Waals surface area (Å²) < 4.78 is 38.7. The molecule has 1 aliphatic heterocycles. The molecule has 0 aromatic heterocycles. The molecule has 0 bridgehead atoms. The van der Waals surface area contributed by atoms with Crippen LogP contribution in [0, 0.1) is 5.92 Å². The average Bonchev–Trinajstić information content (AvgIpc) is 2.60. The molecule has 1 heterocycles. The maximum atomic E-state index is 12.8. The summed E-state index contributed by atoms with van der Waals surface area (Å²) in [4.78, 5) is 0. The largest absolute Gasteiger partial charge is 0.486 e. The lowest BCUT2D eigenvalue weighted by molar-refractivity contribution is 0.0770. The van der Waals surface area contributed by atoms with Gasteiger partial charge < -0.3 is 9.47 Å². The van der Waals surface area contributed by atoms with E-state index in [9.17, 15) is 8.42 Å². The standard InChI is InChI=1S/C18H27NO4S/c1-2-19(24(20,21)14-15-8-4-3-5-9-15)12-16-13-22-17-10-6-7-11-18(17)23-16/h6-7,10-11,15-16H,2-5,8-9,12-14H2,1H3/t16-/m0/s1. The van der Waals surface area contributed by atoms with Crippen molar-refractivity contribution < 1.29 is 17.9 Å². The maximum Gasteiger partial charge on any atom is 0.214 e. The molecule has 0 N–H and O–H groups in total. The number of likely N-dealkylation sites (N-methyl/N-ethyl adjacent to an activating group) is 1. The van der Waals surface area contributed by atoms with Crippen molar-refractivity contribution in [3.8, 4) is 11.5 Å². The van der Waals surface area contributed by atoms with E-state index in [2.05, 4.69) is 0 Å². The van der Waals surface area contributed by atoms with Gasteiger partial charge in [-0.3, -0.25) is 0 Å². The van der Waals surface area contributed by atoms with E-state index in [1.165, 1.54) is 6.42 Å². The van der Waals surface area contributed by atoms with Gasteiger partial charge >= 0.3 is 0 Å². The molecule has 0 amide bonds. The number of hydrogen-bond acceptors (Lipinski definition) is 4.